The number of rotatable bonds is 30. The van der Waals surface area contributed by atoms with E-state index in [0.29, 0.717) is 31.5 Å². The van der Waals surface area contributed by atoms with Gasteiger partial charge in [0.25, 0.3) is 0 Å². The van der Waals surface area contributed by atoms with Gasteiger partial charge in [-0.1, -0.05) is 5.21 Å². The predicted octanol–water partition coefficient (Wildman–Crippen LogP) is -4.84. The number of nitrogens with zero attached hydrogens (tertiary/aromatic N) is 3. The lowest BCUT2D eigenvalue weighted by Gasteiger charge is -2.44. The molecule has 340 valence electrons. The van der Waals surface area contributed by atoms with Gasteiger partial charge >= 0.3 is 31.2 Å². The van der Waals surface area contributed by atoms with Crippen molar-refractivity contribution in [3.8, 4) is 0 Å². The molecule has 4 amide bonds. The number of hydrogen-bond donors (Lipinski definition) is 8. The second kappa shape index (κ2) is 25.3. The van der Waals surface area contributed by atoms with E-state index in [4.69, 9.17) is 29.2 Å². The first-order valence-electron chi connectivity index (χ1n) is 17.6. The van der Waals surface area contributed by atoms with E-state index in [1.807, 2.05) is 0 Å². The molecule has 0 bridgehead atoms. The van der Waals surface area contributed by atoms with Gasteiger partial charge in [0, 0.05) is 39.1 Å². The Morgan fingerprint density at radius 2 is 1.56 bits per heavy atom. The molecular formula is C28H50N8O20S3. The van der Waals surface area contributed by atoms with Crippen LogP contribution in [0.15, 0.2) is 6.20 Å². The lowest BCUT2D eigenvalue weighted by molar-refractivity contribution is -0.261. The summed E-state index contributed by atoms with van der Waals surface area (Å²) in [5.41, 5.74) is 5.65. The number of amides is 4. The number of primary amides is 1. The summed E-state index contributed by atoms with van der Waals surface area (Å²) in [6.07, 6.45) is -4.86. The number of ether oxygens (including phenoxy) is 4. The summed E-state index contributed by atoms with van der Waals surface area (Å²) in [6.45, 7) is 0.178. The van der Waals surface area contributed by atoms with Gasteiger partial charge in [-0.15, -0.1) is 5.10 Å². The van der Waals surface area contributed by atoms with Crippen molar-refractivity contribution in [3.63, 3.8) is 0 Å². The minimum atomic E-state index is -5.48. The zero-order chi connectivity index (χ0) is 44.2. The number of aromatic nitrogens is 3. The van der Waals surface area contributed by atoms with Crippen molar-refractivity contribution < 1.29 is 89.6 Å². The maximum atomic E-state index is 12.3. The first kappa shape index (κ1) is 51.6. The molecule has 1 aromatic heterocycles. The molecule has 0 aliphatic carbocycles. The molecule has 0 radical (unpaired) electrons. The quantitative estimate of drug-likeness (QED) is 0.0265. The van der Waals surface area contributed by atoms with Crippen LogP contribution in [0, 0.1) is 0 Å². The molecule has 5 unspecified atom stereocenters. The highest BCUT2D eigenvalue weighted by atomic mass is 32.3. The van der Waals surface area contributed by atoms with E-state index in [0.717, 1.165) is 6.92 Å². The van der Waals surface area contributed by atoms with Gasteiger partial charge in [-0.05, 0) is 26.3 Å². The molecule has 9 N–H and O–H groups in total. The van der Waals surface area contributed by atoms with Gasteiger partial charge in [-0.2, -0.15) is 25.3 Å². The van der Waals surface area contributed by atoms with E-state index in [1.54, 1.807) is 7.05 Å². The van der Waals surface area contributed by atoms with Crippen LogP contribution in [0.2, 0.25) is 0 Å². The summed E-state index contributed by atoms with van der Waals surface area (Å²) < 4.78 is 133. The minimum absolute atomic E-state index is 0.0257. The van der Waals surface area contributed by atoms with E-state index in [-0.39, 0.29) is 70.8 Å². The monoisotopic (exact) mass is 914 g/mol. The van der Waals surface area contributed by atoms with E-state index >= 15 is 0 Å². The fourth-order valence-corrected chi connectivity index (χ4v) is 6.55. The zero-order valence-corrected chi connectivity index (χ0v) is 34.3. The van der Waals surface area contributed by atoms with Crippen LogP contribution < -0.4 is 27.0 Å². The predicted molar refractivity (Wildman–Crippen MR) is 194 cm³/mol. The average Bonchev–Trinajstić information content (AvgIpc) is 3.57. The van der Waals surface area contributed by atoms with E-state index in [2.05, 4.69) is 44.1 Å². The molecule has 31 heteroatoms. The Hall–Kier alpha value is -3.57. The third kappa shape index (κ3) is 22.6. The number of carbonyl (C=O) groups excluding carboxylic acids is 4. The average molecular weight is 915 g/mol. The van der Waals surface area contributed by atoms with Crippen LogP contribution in [0.3, 0.4) is 0 Å². The maximum Gasteiger partial charge on any atom is 0.397 e. The molecule has 6 atom stereocenters. The molecule has 1 aliphatic heterocycles. The minimum Gasteiger partial charge on any atom is -0.377 e. The highest BCUT2D eigenvalue weighted by molar-refractivity contribution is 7.81. The fourth-order valence-electron chi connectivity index (χ4n) is 5.22. The Kier molecular flexibility index (Phi) is 22.1. The van der Waals surface area contributed by atoms with E-state index in [1.165, 1.54) is 10.9 Å². The molecule has 0 saturated carbocycles. The lowest BCUT2D eigenvalue weighted by Crippen LogP contribution is -2.66. The van der Waals surface area contributed by atoms with Crippen LogP contribution >= 0.6 is 0 Å². The number of aryl methyl sites for hydroxylation is 1. The molecular weight excluding hydrogens is 865 g/mol. The molecule has 1 aliphatic rings. The molecule has 2 rings (SSSR count). The Morgan fingerprint density at radius 3 is 2.19 bits per heavy atom. The smallest absolute Gasteiger partial charge is 0.377 e. The van der Waals surface area contributed by atoms with Crippen LogP contribution in [0.4, 0.5) is 0 Å². The highest BCUT2D eigenvalue weighted by Crippen LogP contribution is 2.29. The summed E-state index contributed by atoms with van der Waals surface area (Å²) in [7, 11) is -14.5. The Labute approximate surface area is 339 Å². The number of nitrogens with one attached hydrogen (secondary N) is 4. The van der Waals surface area contributed by atoms with Gasteiger partial charge in [0.05, 0.1) is 51.3 Å². The third-order valence-corrected chi connectivity index (χ3v) is 9.13. The van der Waals surface area contributed by atoms with Crippen molar-refractivity contribution in [2.45, 2.75) is 82.3 Å². The van der Waals surface area contributed by atoms with Gasteiger partial charge in [0.1, 0.15) is 31.0 Å². The van der Waals surface area contributed by atoms with Crippen molar-refractivity contribution >= 4 is 54.8 Å². The topological polar surface area (TPSA) is 401 Å². The summed E-state index contributed by atoms with van der Waals surface area (Å²) >= 11 is 0. The number of unbranched alkanes of at least 4 members (excludes halogenated alkanes) is 1. The van der Waals surface area contributed by atoms with Crippen LogP contribution in [0.1, 0.15) is 38.3 Å². The van der Waals surface area contributed by atoms with Crippen LogP contribution in [-0.2, 0) is 94.8 Å². The van der Waals surface area contributed by atoms with Gasteiger partial charge < -0.3 is 45.9 Å². The Morgan fingerprint density at radius 1 is 0.898 bits per heavy atom. The number of nitrogens with two attached hydrogens (primary N) is 1. The maximum absolute atomic E-state index is 12.3. The number of hydrogen-bond acceptors (Lipinski definition) is 20. The van der Waals surface area contributed by atoms with Crippen molar-refractivity contribution in [2.24, 2.45) is 5.73 Å². The van der Waals surface area contributed by atoms with Crippen molar-refractivity contribution in [2.75, 3.05) is 59.8 Å². The molecule has 0 aromatic carbocycles. The normalized spacial score (nSPS) is 20.5. The molecule has 1 fully saturated rings. The summed E-state index contributed by atoms with van der Waals surface area (Å²) in [5, 5.41) is 18.2. The highest BCUT2D eigenvalue weighted by Gasteiger charge is 2.52. The fraction of sp³-hybridized carbons (Fsp3) is 0.786. The van der Waals surface area contributed by atoms with Crippen molar-refractivity contribution in [1.29, 1.82) is 0 Å². The Bertz CT molecular complexity index is 1830. The molecule has 28 nitrogen and oxygen atoms in total. The van der Waals surface area contributed by atoms with Crippen LogP contribution in [0.5, 0.6) is 0 Å². The molecule has 1 saturated heterocycles. The third-order valence-electron chi connectivity index (χ3n) is 7.77. The van der Waals surface area contributed by atoms with Crippen LogP contribution in [-0.4, -0.2) is 174 Å². The SMILES string of the molecule is CN[C@@H](CCCCNC(=O)COCCOCCNC(=O)CCc1cn(CCOC2OC(COS(=O)(=O)O)C(OS(=O)(=O)O)C(OS(=O)(=O)O)C2NC(C)=O)nn1)C(N)=O. The molecule has 59 heavy (non-hydrogen) atoms. The van der Waals surface area contributed by atoms with Crippen molar-refractivity contribution in [1.82, 2.24) is 36.3 Å². The summed E-state index contributed by atoms with van der Waals surface area (Å²) in [4.78, 5) is 47.3. The number of carbonyl (C=O) groups is 4. The largest absolute Gasteiger partial charge is 0.397 e. The second-order valence-electron chi connectivity index (χ2n) is 12.4. The van der Waals surface area contributed by atoms with Gasteiger partial charge in [-0.3, -0.25) is 32.8 Å². The first-order chi connectivity index (χ1) is 27.6. The summed E-state index contributed by atoms with van der Waals surface area (Å²) in [6, 6.07) is -2.23. The standard InChI is InChI=1S/C28H50N8O20S3/c1-18(37)33-24-26(56-59(47,48)49)25(55-58(44,45)46)21(16-53-57(41,42)43)54-28(24)52-12-10-36-15-19(34-35-36)6-7-22(38)32-9-11-50-13-14-51-17-23(39)31-8-4-3-5-20(30-2)27(29)40/h15,20-21,24-26,28,30H,3-14,16-17H2,1-2H3,(H2,29,40)(H,31,39)(H,32,38)(H,33,37)(H,41,42,43)(H,44,45,46)(H,47,48,49)/t20-,21?,24?,25?,26?,28?/m0/s1. The van der Waals surface area contributed by atoms with Gasteiger partial charge in [0.15, 0.2) is 6.29 Å². The molecule has 0 spiro atoms. The van der Waals surface area contributed by atoms with Crippen molar-refractivity contribution in [3.05, 3.63) is 11.9 Å². The second-order valence-corrected chi connectivity index (χ2v) is 15.6. The number of likely N-dealkylation sites (N-methyl/N-ethyl adjacent to an activating group) is 1. The van der Waals surface area contributed by atoms with Crippen LogP contribution in [0.25, 0.3) is 0 Å². The lowest BCUT2D eigenvalue weighted by atomic mass is 9.97. The Balaban J connectivity index is 1.78. The van der Waals surface area contributed by atoms with E-state index in [9.17, 15) is 53.5 Å². The van der Waals surface area contributed by atoms with E-state index < -0.39 is 86.3 Å². The molecule has 1 aromatic rings. The zero-order valence-electron chi connectivity index (χ0n) is 31.9. The first-order valence-corrected chi connectivity index (χ1v) is 21.7. The molecule has 2 heterocycles. The van der Waals surface area contributed by atoms with Gasteiger partial charge in [0.2, 0.25) is 23.6 Å². The van der Waals surface area contributed by atoms with Gasteiger partial charge in [-0.25, -0.2) is 17.2 Å². The summed E-state index contributed by atoms with van der Waals surface area (Å²) in [5.74, 6) is -1.93.